The highest BCUT2D eigenvalue weighted by molar-refractivity contribution is 6.05. The average Bonchev–Trinajstić information content (AvgIpc) is 3.06. The number of Topliss-reactive ketones (excluding diaryl/α,β-unsaturated/α-hetero) is 1. The minimum atomic E-state index is -1.24. The first-order valence-electron chi connectivity index (χ1n) is 12.9. The van der Waals surface area contributed by atoms with E-state index in [0.29, 0.717) is 18.4 Å². The Kier molecular flexibility index (Phi) is 7.30. The molecule has 1 unspecified atom stereocenters. The maximum atomic E-state index is 16.0. The maximum Gasteiger partial charge on any atom is 0.415 e. The first-order valence-corrected chi connectivity index (χ1v) is 12.9. The van der Waals surface area contributed by atoms with Crippen LogP contribution in [0.3, 0.4) is 0 Å². The molecular formula is C31H29FN2O6. The van der Waals surface area contributed by atoms with Crippen LogP contribution in [0.5, 0.6) is 11.5 Å². The zero-order valence-corrected chi connectivity index (χ0v) is 22.1. The lowest BCUT2D eigenvalue weighted by atomic mass is 9.73. The van der Waals surface area contributed by atoms with Crippen LogP contribution >= 0.6 is 0 Å². The number of allylic oxidation sites excluding steroid dienone is 1. The van der Waals surface area contributed by atoms with Crippen LogP contribution in [-0.4, -0.2) is 29.9 Å². The molecule has 40 heavy (non-hydrogen) atoms. The lowest BCUT2D eigenvalue weighted by Gasteiger charge is -2.36. The van der Waals surface area contributed by atoms with Crippen molar-refractivity contribution < 1.29 is 33.4 Å². The van der Waals surface area contributed by atoms with Crippen molar-refractivity contribution in [3.05, 3.63) is 94.9 Å². The lowest BCUT2D eigenvalue weighted by molar-refractivity contribution is -0.118. The van der Waals surface area contributed by atoms with Gasteiger partial charge in [0.05, 0.1) is 11.7 Å². The Balaban J connectivity index is 1.65. The van der Waals surface area contributed by atoms with E-state index in [2.05, 4.69) is 5.32 Å². The van der Waals surface area contributed by atoms with E-state index in [1.165, 1.54) is 24.3 Å². The minimum absolute atomic E-state index is 0.0358. The number of benzene rings is 3. The number of carbonyl (C=O) groups excluding carboxylic acids is 3. The Morgan fingerprint density at radius 3 is 2.62 bits per heavy atom. The molecule has 9 heteroatoms. The second kappa shape index (κ2) is 10.8. The molecule has 1 heterocycles. The summed E-state index contributed by atoms with van der Waals surface area (Å²) in [6, 6.07) is 17.0. The first-order chi connectivity index (χ1) is 19.2. The predicted molar refractivity (Wildman–Crippen MR) is 147 cm³/mol. The van der Waals surface area contributed by atoms with Crippen LogP contribution in [0.25, 0.3) is 0 Å². The van der Waals surface area contributed by atoms with Crippen LogP contribution in [0.4, 0.5) is 20.6 Å². The van der Waals surface area contributed by atoms with Crippen molar-refractivity contribution in [3.8, 4) is 11.5 Å². The molecule has 0 aromatic heterocycles. The number of fused-ring (bicyclic) bond motifs is 1. The number of amides is 1. The van der Waals surface area contributed by atoms with Crippen molar-refractivity contribution in [2.45, 2.75) is 39.3 Å². The molecule has 0 radical (unpaired) electrons. The van der Waals surface area contributed by atoms with Crippen LogP contribution in [-0.2, 0) is 20.9 Å². The van der Waals surface area contributed by atoms with Gasteiger partial charge in [-0.2, -0.15) is 0 Å². The van der Waals surface area contributed by atoms with E-state index in [9.17, 15) is 19.5 Å². The standard InChI is InChI=1S/C31H29FN2O6/c1-31(2)16-23-27(26(37)17-31)29(21-12-11-20(15-22(21)32)40-18-19-7-4-3-5-8-19)34(30(38)39-14-13-35)24-9-6-10-25(36)28(24)33-23/h3-13,15,29,33,36H,14,16-18H2,1-2H3. The van der Waals surface area contributed by atoms with Gasteiger partial charge in [-0.15, -0.1) is 0 Å². The molecule has 3 aromatic carbocycles. The predicted octanol–water partition coefficient (Wildman–Crippen LogP) is 6.06. The fraction of sp³-hybridized carbons (Fsp3) is 0.258. The van der Waals surface area contributed by atoms with E-state index in [1.54, 1.807) is 12.1 Å². The normalized spacial score (nSPS) is 17.7. The van der Waals surface area contributed by atoms with E-state index < -0.39 is 30.0 Å². The third-order valence-corrected chi connectivity index (χ3v) is 6.99. The molecule has 0 saturated carbocycles. The fourth-order valence-electron chi connectivity index (χ4n) is 5.27. The Hall–Kier alpha value is -4.66. The number of ketones is 1. The average molecular weight is 545 g/mol. The summed E-state index contributed by atoms with van der Waals surface area (Å²) in [5, 5.41) is 13.9. The molecule has 8 nitrogen and oxygen atoms in total. The zero-order chi connectivity index (χ0) is 28.4. The number of aldehydes is 1. The monoisotopic (exact) mass is 544 g/mol. The molecule has 0 fully saturated rings. The molecule has 0 spiro atoms. The van der Waals surface area contributed by atoms with Gasteiger partial charge < -0.3 is 19.9 Å². The number of para-hydroxylation sites is 1. The van der Waals surface area contributed by atoms with E-state index in [0.717, 1.165) is 10.5 Å². The van der Waals surface area contributed by atoms with Crippen LogP contribution in [0.15, 0.2) is 78.0 Å². The summed E-state index contributed by atoms with van der Waals surface area (Å²) in [6.45, 7) is 3.58. The number of ether oxygens (including phenoxy) is 2. The third-order valence-electron chi connectivity index (χ3n) is 6.99. The van der Waals surface area contributed by atoms with Crippen molar-refractivity contribution in [1.82, 2.24) is 0 Å². The third kappa shape index (κ3) is 5.27. The Labute approximate surface area is 231 Å². The maximum absolute atomic E-state index is 16.0. The summed E-state index contributed by atoms with van der Waals surface area (Å²) in [5.74, 6) is -0.862. The first kappa shape index (κ1) is 26.9. The van der Waals surface area contributed by atoms with Crippen LogP contribution in [0.1, 0.15) is 43.9 Å². The summed E-state index contributed by atoms with van der Waals surface area (Å²) in [4.78, 5) is 39.3. The molecule has 206 valence electrons. The van der Waals surface area contributed by atoms with Gasteiger partial charge in [-0.05, 0) is 41.7 Å². The van der Waals surface area contributed by atoms with Gasteiger partial charge >= 0.3 is 6.09 Å². The van der Waals surface area contributed by atoms with Crippen molar-refractivity contribution in [1.29, 1.82) is 0 Å². The van der Waals surface area contributed by atoms with Crippen LogP contribution in [0, 0.1) is 11.2 Å². The van der Waals surface area contributed by atoms with Crippen molar-refractivity contribution >= 4 is 29.5 Å². The number of anilines is 2. The van der Waals surface area contributed by atoms with Gasteiger partial charge in [0, 0.05) is 29.3 Å². The number of phenols is 1. The summed E-state index contributed by atoms with van der Waals surface area (Å²) < 4.78 is 26.9. The number of nitrogens with one attached hydrogen (secondary N) is 1. The highest BCUT2D eigenvalue weighted by atomic mass is 19.1. The molecule has 2 aliphatic rings. The number of aromatic hydroxyl groups is 1. The number of halogens is 1. The molecule has 2 N–H and O–H groups in total. The number of nitrogens with zero attached hydrogens (tertiary/aromatic N) is 1. The van der Waals surface area contributed by atoms with E-state index >= 15 is 4.39 Å². The topological polar surface area (TPSA) is 105 Å². The number of carbonyl (C=O) groups is 3. The SMILES string of the molecule is CC1(C)CC(=O)C2=C(C1)Nc1c(O)cccc1N(C(=O)OCC=O)C2c1ccc(OCc2ccccc2)cc1F. The van der Waals surface area contributed by atoms with Crippen molar-refractivity contribution in [3.63, 3.8) is 0 Å². The van der Waals surface area contributed by atoms with Crippen LogP contribution < -0.4 is 15.0 Å². The lowest BCUT2D eigenvalue weighted by Crippen LogP contribution is -2.40. The van der Waals surface area contributed by atoms with Gasteiger partial charge in [-0.3, -0.25) is 14.5 Å². The van der Waals surface area contributed by atoms with Gasteiger partial charge in [0.2, 0.25) is 0 Å². The van der Waals surface area contributed by atoms with Crippen molar-refractivity contribution in [2.75, 3.05) is 16.8 Å². The number of hydrogen-bond donors (Lipinski definition) is 2. The fourth-order valence-corrected chi connectivity index (χ4v) is 5.27. The molecular weight excluding hydrogens is 515 g/mol. The summed E-state index contributed by atoms with van der Waals surface area (Å²) in [6.07, 6.45) is 0.0323. The minimum Gasteiger partial charge on any atom is -0.506 e. The Bertz CT molecular complexity index is 1500. The van der Waals surface area contributed by atoms with E-state index in [1.807, 2.05) is 44.2 Å². The molecule has 1 aliphatic heterocycles. The molecule has 3 aromatic rings. The molecule has 1 aliphatic carbocycles. The quantitative estimate of drug-likeness (QED) is 0.287. The Morgan fingerprint density at radius 1 is 1.12 bits per heavy atom. The Morgan fingerprint density at radius 2 is 1.90 bits per heavy atom. The van der Waals surface area contributed by atoms with Gasteiger partial charge in [-0.1, -0.05) is 50.2 Å². The molecule has 1 atom stereocenters. The van der Waals surface area contributed by atoms with Gasteiger partial charge in [-0.25, -0.2) is 9.18 Å². The molecule has 0 saturated heterocycles. The summed E-state index contributed by atoms with van der Waals surface area (Å²) in [5.41, 5.74) is 1.54. The highest BCUT2D eigenvalue weighted by Crippen LogP contribution is 2.50. The van der Waals surface area contributed by atoms with Gasteiger partial charge in [0.1, 0.15) is 36.2 Å². The second-order valence-corrected chi connectivity index (χ2v) is 10.6. The smallest absolute Gasteiger partial charge is 0.415 e. The van der Waals surface area contributed by atoms with Gasteiger partial charge in [0.15, 0.2) is 12.1 Å². The molecule has 1 amide bonds. The summed E-state index contributed by atoms with van der Waals surface area (Å²) >= 11 is 0. The van der Waals surface area contributed by atoms with Crippen molar-refractivity contribution in [2.24, 2.45) is 5.41 Å². The zero-order valence-electron chi connectivity index (χ0n) is 22.1. The highest BCUT2D eigenvalue weighted by Gasteiger charge is 2.45. The molecule has 5 rings (SSSR count). The van der Waals surface area contributed by atoms with Gasteiger partial charge in [0.25, 0.3) is 0 Å². The number of phenolic OH excluding ortho intramolecular Hbond substituents is 1. The van der Waals surface area contributed by atoms with E-state index in [-0.39, 0.29) is 52.8 Å². The summed E-state index contributed by atoms with van der Waals surface area (Å²) in [7, 11) is 0. The van der Waals surface area contributed by atoms with Crippen LogP contribution in [0.2, 0.25) is 0 Å². The number of hydrogen-bond acceptors (Lipinski definition) is 7. The van der Waals surface area contributed by atoms with E-state index in [4.69, 9.17) is 9.47 Å². The second-order valence-electron chi connectivity index (χ2n) is 10.6. The number of rotatable bonds is 6. The molecule has 0 bridgehead atoms. The largest absolute Gasteiger partial charge is 0.506 e.